The van der Waals surface area contributed by atoms with Crippen molar-refractivity contribution in [3.63, 3.8) is 0 Å². The van der Waals surface area contributed by atoms with E-state index in [0.29, 0.717) is 12.1 Å². The first-order valence-electron chi connectivity index (χ1n) is 8.99. The molecule has 1 aromatic carbocycles. The van der Waals surface area contributed by atoms with E-state index in [1.165, 1.54) is 0 Å². The van der Waals surface area contributed by atoms with Crippen molar-refractivity contribution in [3.8, 4) is 17.1 Å². The standard InChI is InChI=1S/C19H22N4O.CH2O2/c1-24-18-8-6-17(7-9-18)23-13-11-21-19(23)15-2-4-16(5-3-15)22-12-10-20-14-22;2-1-3/h2-5,10-14,17-18H,6-9H2,1H3;1H,(H,2,3). The van der Waals surface area contributed by atoms with E-state index in [9.17, 15) is 0 Å². The van der Waals surface area contributed by atoms with Gasteiger partial charge in [0.25, 0.3) is 6.47 Å². The maximum absolute atomic E-state index is 8.36. The van der Waals surface area contributed by atoms with Gasteiger partial charge in [-0.3, -0.25) is 4.79 Å². The van der Waals surface area contributed by atoms with Crippen LogP contribution in [-0.2, 0) is 9.53 Å². The van der Waals surface area contributed by atoms with Gasteiger partial charge in [0.05, 0.1) is 12.4 Å². The molecule has 0 aliphatic heterocycles. The van der Waals surface area contributed by atoms with Gasteiger partial charge >= 0.3 is 0 Å². The Kier molecular flexibility index (Phi) is 6.38. The second-order valence-electron chi connectivity index (χ2n) is 6.45. The molecule has 7 nitrogen and oxygen atoms in total. The summed E-state index contributed by atoms with van der Waals surface area (Å²) in [6, 6.07) is 9.00. The highest BCUT2D eigenvalue weighted by molar-refractivity contribution is 5.58. The van der Waals surface area contributed by atoms with Crippen LogP contribution < -0.4 is 0 Å². The van der Waals surface area contributed by atoms with E-state index in [1.54, 1.807) is 6.20 Å². The highest BCUT2D eigenvalue weighted by atomic mass is 16.5. The van der Waals surface area contributed by atoms with Gasteiger partial charge in [0.2, 0.25) is 0 Å². The van der Waals surface area contributed by atoms with Crippen molar-refractivity contribution in [1.82, 2.24) is 19.1 Å². The normalized spacial score (nSPS) is 19.1. The third-order valence-electron chi connectivity index (χ3n) is 4.97. The number of benzene rings is 1. The monoisotopic (exact) mass is 368 g/mol. The Morgan fingerprint density at radius 1 is 1.11 bits per heavy atom. The Bertz CT molecular complexity index is 819. The van der Waals surface area contributed by atoms with Crippen LogP contribution in [0.3, 0.4) is 0 Å². The van der Waals surface area contributed by atoms with Crippen LogP contribution in [0.15, 0.2) is 55.4 Å². The Labute approximate surface area is 158 Å². The van der Waals surface area contributed by atoms with Crippen molar-refractivity contribution in [3.05, 3.63) is 55.4 Å². The van der Waals surface area contributed by atoms with Gasteiger partial charge < -0.3 is 19.0 Å². The van der Waals surface area contributed by atoms with Gasteiger partial charge in [0.1, 0.15) is 5.82 Å². The molecular formula is C20H24N4O3. The summed E-state index contributed by atoms with van der Waals surface area (Å²) in [4.78, 5) is 17.1. The SMILES string of the molecule is COC1CCC(n2ccnc2-c2ccc(-n3ccnc3)cc2)CC1.O=CO. The molecule has 1 N–H and O–H groups in total. The molecule has 1 aliphatic carbocycles. The second kappa shape index (κ2) is 9.14. The lowest BCUT2D eigenvalue weighted by Gasteiger charge is -2.29. The van der Waals surface area contributed by atoms with E-state index in [-0.39, 0.29) is 6.47 Å². The first-order valence-corrected chi connectivity index (χ1v) is 8.99. The summed E-state index contributed by atoms with van der Waals surface area (Å²) >= 11 is 0. The number of nitrogens with zero attached hydrogens (tertiary/aromatic N) is 4. The molecule has 0 bridgehead atoms. The Morgan fingerprint density at radius 2 is 1.81 bits per heavy atom. The molecule has 0 amide bonds. The van der Waals surface area contributed by atoms with Crippen LogP contribution in [0.2, 0.25) is 0 Å². The third-order valence-corrected chi connectivity index (χ3v) is 4.97. The number of rotatable bonds is 4. The van der Waals surface area contributed by atoms with Crippen LogP contribution in [0.4, 0.5) is 0 Å². The lowest BCUT2D eigenvalue weighted by Crippen LogP contribution is -2.22. The number of carboxylic acid groups (broad SMARTS) is 1. The van der Waals surface area contributed by atoms with Gasteiger partial charge in [0, 0.05) is 49.2 Å². The van der Waals surface area contributed by atoms with E-state index in [0.717, 1.165) is 42.8 Å². The minimum atomic E-state index is -0.250. The number of carbonyl (C=O) groups is 1. The fourth-order valence-electron chi connectivity index (χ4n) is 3.58. The molecule has 142 valence electrons. The minimum absolute atomic E-state index is 0.250. The van der Waals surface area contributed by atoms with E-state index in [1.807, 2.05) is 30.4 Å². The van der Waals surface area contributed by atoms with Gasteiger partial charge in [-0.1, -0.05) is 0 Å². The van der Waals surface area contributed by atoms with Gasteiger partial charge in [-0.2, -0.15) is 0 Å². The highest BCUT2D eigenvalue weighted by Crippen LogP contribution is 2.33. The van der Waals surface area contributed by atoms with Crippen LogP contribution in [0.25, 0.3) is 17.1 Å². The zero-order valence-electron chi connectivity index (χ0n) is 15.3. The smallest absolute Gasteiger partial charge is 0.290 e. The topological polar surface area (TPSA) is 82.2 Å². The zero-order chi connectivity index (χ0) is 19.1. The maximum atomic E-state index is 8.36. The molecule has 1 fully saturated rings. The van der Waals surface area contributed by atoms with Crippen molar-refractivity contribution in [2.24, 2.45) is 0 Å². The molecule has 0 unspecified atom stereocenters. The summed E-state index contributed by atoms with van der Waals surface area (Å²) in [7, 11) is 1.81. The van der Waals surface area contributed by atoms with Crippen LogP contribution in [0.1, 0.15) is 31.7 Å². The Hall–Kier alpha value is -2.93. The molecule has 1 aliphatic rings. The van der Waals surface area contributed by atoms with Gasteiger partial charge in [0.15, 0.2) is 0 Å². The zero-order valence-corrected chi connectivity index (χ0v) is 15.3. The van der Waals surface area contributed by atoms with Crippen LogP contribution >= 0.6 is 0 Å². The van der Waals surface area contributed by atoms with E-state index < -0.39 is 0 Å². The summed E-state index contributed by atoms with van der Waals surface area (Å²) in [5.41, 5.74) is 2.26. The van der Waals surface area contributed by atoms with Crippen molar-refractivity contribution >= 4 is 6.47 Å². The molecule has 2 heterocycles. The number of hydrogen-bond donors (Lipinski definition) is 1. The number of ether oxygens (including phenoxy) is 1. The molecule has 2 aromatic heterocycles. The second-order valence-corrected chi connectivity index (χ2v) is 6.45. The first kappa shape index (κ1) is 18.8. The largest absolute Gasteiger partial charge is 0.483 e. The summed E-state index contributed by atoms with van der Waals surface area (Å²) < 4.78 is 9.82. The third kappa shape index (κ3) is 4.43. The molecule has 0 saturated heterocycles. The minimum Gasteiger partial charge on any atom is -0.483 e. The van der Waals surface area contributed by atoms with Gasteiger partial charge in [-0.15, -0.1) is 0 Å². The van der Waals surface area contributed by atoms with Crippen LogP contribution in [0.5, 0.6) is 0 Å². The van der Waals surface area contributed by atoms with Crippen LogP contribution in [0, 0.1) is 0 Å². The number of methoxy groups -OCH3 is 1. The predicted molar refractivity (Wildman–Crippen MR) is 102 cm³/mol. The average molecular weight is 368 g/mol. The predicted octanol–water partition coefficient (Wildman–Crippen LogP) is 3.57. The quantitative estimate of drug-likeness (QED) is 0.712. The summed E-state index contributed by atoms with van der Waals surface area (Å²) in [6.45, 7) is -0.250. The molecule has 0 atom stereocenters. The van der Waals surface area contributed by atoms with E-state index >= 15 is 0 Å². The Morgan fingerprint density at radius 3 is 2.41 bits per heavy atom. The van der Waals surface area contributed by atoms with E-state index in [2.05, 4.69) is 45.0 Å². The molecular weight excluding hydrogens is 344 g/mol. The van der Waals surface area contributed by atoms with Crippen molar-refractivity contribution < 1.29 is 14.6 Å². The van der Waals surface area contributed by atoms with Crippen molar-refractivity contribution in [1.29, 1.82) is 0 Å². The summed E-state index contributed by atoms with van der Waals surface area (Å²) in [5, 5.41) is 6.89. The number of hydrogen-bond acceptors (Lipinski definition) is 4. The fraction of sp³-hybridized carbons (Fsp3) is 0.350. The maximum Gasteiger partial charge on any atom is 0.290 e. The molecule has 4 rings (SSSR count). The summed E-state index contributed by atoms with van der Waals surface area (Å²) in [6.07, 6.45) is 14.5. The average Bonchev–Trinajstić information content (AvgIpc) is 3.41. The van der Waals surface area contributed by atoms with Crippen molar-refractivity contribution in [2.75, 3.05) is 7.11 Å². The highest BCUT2D eigenvalue weighted by Gasteiger charge is 2.23. The fourth-order valence-corrected chi connectivity index (χ4v) is 3.58. The van der Waals surface area contributed by atoms with E-state index in [4.69, 9.17) is 14.6 Å². The molecule has 7 heteroatoms. The number of imidazole rings is 2. The van der Waals surface area contributed by atoms with Gasteiger partial charge in [-0.05, 0) is 49.9 Å². The first-order chi connectivity index (χ1) is 13.3. The van der Waals surface area contributed by atoms with Crippen LogP contribution in [-0.4, -0.2) is 43.9 Å². The summed E-state index contributed by atoms with van der Waals surface area (Å²) in [5.74, 6) is 1.05. The molecule has 0 radical (unpaired) electrons. The Balaban J connectivity index is 0.000000659. The lowest BCUT2D eigenvalue weighted by atomic mass is 9.92. The number of aromatic nitrogens is 4. The van der Waals surface area contributed by atoms with Crippen molar-refractivity contribution in [2.45, 2.75) is 37.8 Å². The molecule has 1 saturated carbocycles. The lowest BCUT2D eigenvalue weighted by molar-refractivity contribution is -0.122. The molecule has 0 spiro atoms. The molecule has 27 heavy (non-hydrogen) atoms. The molecule has 3 aromatic rings. The van der Waals surface area contributed by atoms with Gasteiger partial charge in [-0.25, -0.2) is 9.97 Å².